The predicted molar refractivity (Wildman–Crippen MR) is 59.2 cm³/mol. The van der Waals surface area contributed by atoms with Gasteiger partial charge < -0.3 is 5.11 Å². The smallest absolute Gasteiger partial charge is 0.155 e. The van der Waals surface area contributed by atoms with Gasteiger partial charge in [-0.25, -0.2) is 18.4 Å². The largest absolute Gasteiger partial charge is 0.390 e. The topological polar surface area (TPSA) is 80.2 Å². The van der Waals surface area contributed by atoms with Gasteiger partial charge in [-0.3, -0.25) is 0 Å². The number of aliphatic hydroxyl groups excluding tert-OH is 1. The molecular formula is C10H12N2O3S. The molecule has 0 fully saturated rings. The third-order valence-corrected chi connectivity index (χ3v) is 3.93. The van der Waals surface area contributed by atoms with Gasteiger partial charge in [0.15, 0.2) is 15.7 Å². The van der Waals surface area contributed by atoms with Crippen molar-refractivity contribution in [1.82, 2.24) is 9.97 Å². The van der Waals surface area contributed by atoms with E-state index in [1.165, 1.54) is 0 Å². The summed E-state index contributed by atoms with van der Waals surface area (Å²) < 4.78 is 22.5. The van der Waals surface area contributed by atoms with E-state index in [9.17, 15) is 8.42 Å². The second-order valence-corrected chi connectivity index (χ2v) is 5.85. The highest BCUT2D eigenvalue weighted by molar-refractivity contribution is 7.91. The van der Waals surface area contributed by atoms with Crippen LogP contribution in [0, 0.1) is 0 Å². The molecule has 1 aliphatic rings. The number of allylic oxidation sites excluding steroid dienone is 1. The van der Waals surface area contributed by atoms with E-state index < -0.39 is 9.84 Å². The summed E-state index contributed by atoms with van der Waals surface area (Å²) in [5, 5.41) is 8.94. The van der Waals surface area contributed by atoms with Gasteiger partial charge >= 0.3 is 0 Å². The normalized spacial score (nSPS) is 19.2. The molecule has 1 N–H and O–H groups in total. The van der Waals surface area contributed by atoms with Crippen molar-refractivity contribution in [2.45, 2.75) is 13.0 Å². The SMILES string of the molecule is O=S1(=O)CC=C(c2nccc(CO)n2)CC1. The summed E-state index contributed by atoms with van der Waals surface area (Å²) in [6, 6.07) is 1.63. The van der Waals surface area contributed by atoms with Gasteiger partial charge in [0, 0.05) is 6.20 Å². The highest BCUT2D eigenvalue weighted by atomic mass is 32.2. The Balaban J connectivity index is 2.28. The molecule has 1 aromatic heterocycles. The minimum absolute atomic E-state index is 0.0506. The van der Waals surface area contributed by atoms with Crippen LogP contribution >= 0.6 is 0 Å². The Morgan fingerprint density at radius 2 is 2.25 bits per heavy atom. The molecule has 1 aliphatic heterocycles. The van der Waals surface area contributed by atoms with Crippen LogP contribution in [0.3, 0.4) is 0 Å². The first-order valence-electron chi connectivity index (χ1n) is 4.93. The third kappa shape index (κ3) is 2.45. The molecule has 2 rings (SSSR count). The van der Waals surface area contributed by atoms with Crippen molar-refractivity contribution < 1.29 is 13.5 Å². The summed E-state index contributed by atoms with van der Waals surface area (Å²) in [6.45, 7) is -0.138. The molecule has 0 aromatic carbocycles. The lowest BCUT2D eigenvalue weighted by molar-refractivity contribution is 0.276. The first-order valence-corrected chi connectivity index (χ1v) is 6.75. The first kappa shape index (κ1) is 11.2. The number of sulfone groups is 1. The second-order valence-electron chi connectivity index (χ2n) is 3.62. The number of hydrogen-bond donors (Lipinski definition) is 1. The maximum atomic E-state index is 11.2. The van der Waals surface area contributed by atoms with Crippen LogP contribution in [0.25, 0.3) is 5.57 Å². The summed E-state index contributed by atoms with van der Waals surface area (Å²) in [6.07, 6.45) is 3.66. The van der Waals surface area contributed by atoms with Crippen LogP contribution in [0.5, 0.6) is 0 Å². The molecular weight excluding hydrogens is 228 g/mol. The van der Waals surface area contributed by atoms with Gasteiger partial charge in [0.1, 0.15) is 0 Å². The molecule has 0 amide bonds. The van der Waals surface area contributed by atoms with E-state index in [1.807, 2.05) is 0 Å². The average molecular weight is 240 g/mol. The van der Waals surface area contributed by atoms with Crippen LogP contribution in [0.4, 0.5) is 0 Å². The van der Waals surface area contributed by atoms with Crippen LogP contribution in [0.1, 0.15) is 17.9 Å². The average Bonchev–Trinajstić information content (AvgIpc) is 2.29. The molecule has 0 unspecified atom stereocenters. The molecule has 1 aromatic rings. The molecule has 2 heterocycles. The maximum Gasteiger partial charge on any atom is 0.155 e. The van der Waals surface area contributed by atoms with Crippen molar-refractivity contribution in [1.29, 1.82) is 0 Å². The lowest BCUT2D eigenvalue weighted by Gasteiger charge is -2.12. The second kappa shape index (κ2) is 4.31. The number of nitrogens with zero attached hydrogens (tertiary/aromatic N) is 2. The summed E-state index contributed by atoms with van der Waals surface area (Å²) >= 11 is 0. The molecule has 0 saturated carbocycles. The Labute approximate surface area is 93.8 Å². The highest BCUT2D eigenvalue weighted by Crippen LogP contribution is 2.20. The quantitative estimate of drug-likeness (QED) is 0.797. The maximum absolute atomic E-state index is 11.2. The molecule has 0 spiro atoms. The summed E-state index contributed by atoms with van der Waals surface area (Å²) in [5.74, 6) is 0.710. The summed E-state index contributed by atoms with van der Waals surface area (Å²) in [5.41, 5.74) is 1.38. The Morgan fingerprint density at radius 3 is 2.88 bits per heavy atom. The lowest BCUT2D eigenvalue weighted by Crippen LogP contribution is -2.16. The third-order valence-electron chi connectivity index (χ3n) is 2.43. The van der Waals surface area contributed by atoms with Gasteiger partial charge in [-0.2, -0.15) is 0 Å². The fraction of sp³-hybridized carbons (Fsp3) is 0.400. The van der Waals surface area contributed by atoms with Crippen molar-refractivity contribution >= 4 is 15.4 Å². The zero-order valence-corrected chi connectivity index (χ0v) is 9.44. The minimum atomic E-state index is -2.92. The van der Waals surface area contributed by atoms with E-state index in [4.69, 9.17) is 5.11 Å². The molecule has 5 nitrogen and oxygen atoms in total. The van der Waals surface area contributed by atoms with E-state index in [2.05, 4.69) is 9.97 Å². The standard InChI is InChI=1S/C10H12N2O3S/c13-7-9-1-4-11-10(12-9)8-2-5-16(14,15)6-3-8/h1-2,4,13H,3,5-7H2. The summed E-state index contributed by atoms with van der Waals surface area (Å²) in [7, 11) is -2.92. The molecule has 0 radical (unpaired) electrons. The zero-order valence-electron chi connectivity index (χ0n) is 8.63. The van der Waals surface area contributed by atoms with Crippen LogP contribution in [-0.2, 0) is 16.4 Å². The van der Waals surface area contributed by atoms with Crippen molar-refractivity contribution in [2.75, 3.05) is 11.5 Å². The Morgan fingerprint density at radius 1 is 1.44 bits per heavy atom. The van der Waals surface area contributed by atoms with Crippen molar-refractivity contribution in [3.63, 3.8) is 0 Å². The Bertz CT molecular complexity index is 523. The molecule has 0 saturated heterocycles. The molecule has 0 bridgehead atoms. The van der Waals surface area contributed by atoms with Gasteiger partial charge in [-0.05, 0) is 18.1 Å². The van der Waals surface area contributed by atoms with Crippen molar-refractivity contribution in [2.24, 2.45) is 0 Å². The van der Waals surface area contributed by atoms with Gasteiger partial charge in [0.2, 0.25) is 0 Å². The molecule has 16 heavy (non-hydrogen) atoms. The monoisotopic (exact) mass is 240 g/mol. The number of aliphatic hydroxyl groups is 1. The van der Waals surface area contributed by atoms with E-state index in [0.717, 1.165) is 5.57 Å². The molecule has 0 atom stereocenters. The highest BCUT2D eigenvalue weighted by Gasteiger charge is 2.18. The van der Waals surface area contributed by atoms with Gasteiger partial charge in [0.05, 0.1) is 23.8 Å². The molecule has 6 heteroatoms. The van der Waals surface area contributed by atoms with E-state index in [1.54, 1.807) is 18.3 Å². The van der Waals surface area contributed by atoms with Crippen LogP contribution < -0.4 is 0 Å². The predicted octanol–water partition coefficient (Wildman–Crippen LogP) is 0.171. The van der Waals surface area contributed by atoms with Crippen LogP contribution in [-0.4, -0.2) is 35.0 Å². The van der Waals surface area contributed by atoms with Gasteiger partial charge in [0.25, 0.3) is 0 Å². The number of hydrogen-bond acceptors (Lipinski definition) is 5. The zero-order chi connectivity index (χ0) is 11.6. The molecule has 0 aliphatic carbocycles. The Kier molecular flexibility index (Phi) is 3.02. The number of aromatic nitrogens is 2. The van der Waals surface area contributed by atoms with E-state index in [-0.39, 0.29) is 18.1 Å². The lowest BCUT2D eigenvalue weighted by atomic mass is 10.2. The fourth-order valence-electron chi connectivity index (χ4n) is 1.52. The van der Waals surface area contributed by atoms with Crippen molar-refractivity contribution in [3.8, 4) is 0 Å². The fourth-order valence-corrected chi connectivity index (χ4v) is 2.67. The van der Waals surface area contributed by atoms with Crippen LogP contribution in [0.2, 0.25) is 0 Å². The minimum Gasteiger partial charge on any atom is -0.390 e. The Hall–Kier alpha value is -1.27. The van der Waals surface area contributed by atoms with E-state index >= 15 is 0 Å². The van der Waals surface area contributed by atoms with Gasteiger partial charge in [-0.1, -0.05) is 6.08 Å². The van der Waals surface area contributed by atoms with E-state index in [0.29, 0.717) is 17.9 Å². The van der Waals surface area contributed by atoms with Crippen LogP contribution in [0.15, 0.2) is 18.3 Å². The molecule has 86 valence electrons. The van der Waals surface area contributed by atoms with Gasteiger partial charge in [-0.15, -0.1) is 0 Å². The first-order chi connectivity index (χ1) is 7.61. The summed E-state index contributed by atoms with van der Waals surface area (Å²) in [4.78, 5) is 8.21. The number of rotatable bonds is 2. The van der Waals surface area contributed by atoms with Crippen molar-refractivity contribution in [3.05, 3.63) is 29.9 Å².